The summed E-state index contributed by atoms with van der Waals surface area (Å²) in [6.45, 7) is 7.21. The third-order valence-electron chi connectivity index (χ3n) is 9.79. The molecule has 0 aromatic carbocycles. The Kier molecular flexibility index (Phi) is 4.53. The molecule has 10 atom stereocenters. The van der Waals surface area contributed by atoms with Crippen LogP contribution in [0.5, 0.6) is 0 Å². The minimum Gasteiger partial charge on any atom is -0.396 e. The minimum absolute atomic E-state index is 0.0132. The molecule has 4 aliphatic carbocycles. The number of aliphatic hydroxyl groups is 3. The zero-order valence-electron chi connectivity index (χ0n) is 16.3. The second-order valence-corrected chi connectivity index (χ2v) is 10.5. The van der Waals surface area contributed by atoms with Crippen molar-refractivity contribution in [3.05, 3.63) is 0 Å². The summed E-state index contributed by atoms with van der Waals surface area (Å²) in [7, 11) is 0. The summed E-state index contributed by atoms with van der Waals surface area (Å²) in [6.07, 6.45) is 8.59. The Morgan fingerprint density at radius 1 is 0.960 bits per heavy atom. The summed E-state index contributed by atoms with van der Waals surface area (Å²) in [5.41, 5.74) is 0.297. The highest BCUT2D eigenvalue weighted by atomic mass is 16.3. The molecule has 4 saturated carbocycles. The van der Waals surface area contributed by atoms with Crippen molar-refractivity contribution in [3.63, 3.8) is 0 Å². The van der Waals surface area contributed by atoms with E-state index in [9.17, 15) is 15.3 Å². The third kappa shape index (κ3) is 2.48. The van der Waals surface area contributed by atoms with Crippen molar-refractivity contribution < 1.29 is 15.3 Å². The topological polar surface area (TPSA) is 60.7 Å². The van der Waals surface area contributed by atoms with Gasteiger partial charge < -0.3 is 15.3 Å². The van der Waals surface area contributed by atoms with E-state index in [1.54, 1.807) is 0 Å². The molecule has 0 spiro atoms. The molecule has 3 nitrogen and oxygen atoms in total. The lowest BCUT2D eigenvalue weighted by molar-refractivity contribution is -0.175. The SMILES string of the molecule is C[C@H](CO)C1CCC2C3CCC4C[C@H](O)CCC4(C)C3CC(O)C21C. The molecule has 0 aromatic heterocycles. The van der Waals surface area contributed by atoms with Gasteiger partial charge in [-0.05, 0) is 97.7 Å². The van der Waals surface area contributed by atoms with Gasteiger partial charge in [-0.3, -0.25) is 0 Å². The van der Waals surface area contributed by atoms with Crippen LogP contribution < -0.4 is 0 Å². The average Bonchev–Trinajstić information content (AvgIpc) is 2.95. The fourth-order valence-electron chi connectivity index (χ4n) is 8.29. The first kappa shape index (κ1) is 18.3. The van der Waals surface area contributed by atoms with Crippen LogP contribution in [0.25, 0.3) is 0 Å². The van der Waals surface area contributed by atoms with E-state index in [4.69, 9.17) is 0 Å². The highest BCUT2D eigenvalue weighted by molar-refractivity contribution is 5.12. The Hall–Kier alpha value is -0.120. The second-order valence-electron chi connectivity index (χ2n) is 10.5. The lowest BCUT2D eigenvalue weighted by atomic mass is 9.43. The van der Waals surface area contributed by atoms with Crippen molar-refractivity contribution in [2.45, 2.75) is 84.3 Å². The summed E-state index contributed by atoms with van der Waals surface area (Å²) in [5, 5.41) is 31.2. The van der Waals surface area contributed by atoms with Crippen LogP contribution in [0.2, 0.25) is 0 Å². The first-order chi connectivity index (χ1) is 11.8. The van der Waals surface area contributed by atoms with Crippen molar-refractivity contribution in [2.24, 2.45) is 46.3 Å². The number of hydrogen-bond acceptors (Lipinski definition) is 3. The molecular formula is C22H38O3. The van der Waals surface area contributed by atoms with Crippen LogP contribution in [-0.2, 0) is 0 Å². The molecule has 0 radical (unpaired) electrons. The lowest BCUT2D eigenvalue weighted by Crippen LogP contribution is -2.58. The molecule has 0 aliphatic heterocycles. The average molecular weight is 351 g/mol. The molecule has 4 aliphatic rings. The van der Waals surface area contributed by atoms with Crippen LogP contribution in [-0.4, -0.2) is 34.1 Å². The van der Waals surface area contributed by atoms with E-state index in [-0.39, 0.29) is 30.1 Å². The smallest absolute Gasteiger partial charge is 0.0602 e. The van der Waals surface area contributed by atoms with Gasteiger partial charge in [0.2, 0.25) is 0 Å². The van der Waals surface area contributed by atoms with Crippen molar-refractivity contribution in [1.29, 1.82) is 0 Å². The van der Waals surface area contributed by atoms with Gasteiger partial charge in [-0.1, -0.05) is 20.8 Å². The second kappa shape index (κ2) is 6.21. The molecule has 25 heavy (non-hydrogen) atoms. The van der Waals surface area contributed by atoms with E-state index in [1.165, 1.54) is 25.7 Å². The number of rotatable bonds is 2. The van der Waals surface area contributed by atoms with E-state index >= 15 is 0 Å². The van der Waals surface area contributed by atoms with Crippen LogP contribution in [0.1, 0.15) is 72.1 Å². The van der Waals surface area contributed by atoms with E-state index in [0.717, 1.165) is 31.6 Å². The monoisotopic (exact) mass is 350 g/mol. The maximum absolute atomic E-state index is 11.3. The minimum atomic E-state index is -0.234. The normalized spacial score (nSPS) is 56.6. The van der Waals surface area contributed by atoms with Gasteiger partial charge in [-0.15, -0.1) is 0 Å². The standard InChI is InChI=1S/C22H38O3/c1-13(12-23)17-6-7-18-16-5-4-14-10-15(24)8-9-21(14,2)19(16)11-20(25)22(17,18)3/h13-20,23-25H,4-12H2,1-3H3/t13-,14?,15-,16?,17?,18?,19?,20?,21?,22?/m1/s1. The predicted molar refractivity (Wildman–Crippen MR) is 98.9 cm³/mol. The van der Waals surface area contributed by atoms with Crippen molar-refractivity contribution >= 4 is 0 Å². The highest BCUT2D eigenvalue weighted by Crippen LogP contribution is 2.68. The van der Waals surface area contributed by atoms with Gasteiger partial charge in [0, 0.05) is 6.61 Å². The van der Waals surface area contributed by atoms with Gasteiger partial charge in [0.15, 0.2) is 0 Å². The van der Waals surface area contributed by atoms with Crippen molar-refractivity contribution in [2.75, 3.05) is 6.61 Å². The summed E-state index contributed by atoms with van der Waals surface area (Å²) < 4.78 is 0. The maximum atomic E-state index is 11.3. The largest absolute Gasteiger partial charge is 0.396 e. The molecular weight excluding hydrogens is 312 g/mol. The fourth-order valence-corrected chi connectivity index (χ4v) is 8.29. The van der Waals surface area contributed by atoms with Gasteiger partial charge >= 0.3 is 0 Å². The van der Waals surface area contributed by atoms with E-state index in [1.807, 2.05) is 0 Å². The molecule has 144 valence electrons. The third-order valence-corrected chi connectivity index (χ3v) is 9.79. The first-order valence-corrected chi connectivity index (χ1v) is 10.8. The lowest BCUT2D eigenvalue weighted by Gasteiger charge is -2.62. The molecule has 0 aromatic rings. The number of aliphatic hydroxyl groups excluding tert-OH is 3. The molecule has 4 fully saturated rings. The maximum Gasteiger partial charge on any atom is 0.0602 e. The van der Waals surface area contributed by atoms with Crippen LogP contribution in [0, 0.1) is 46.3 Å². The fraction of sp³-hybridized carbons (Fsp3) is 1.00. The summed E-state index contributed by atoms with van der Waals surface area (Å²) in [6, 6.07) is 0. The molecule has 0 bridgehead atoms. The van der Waals surface area contributed by atoms with Gasteiger partial charge in [0.05, 0.1) is 12.2 Å². The van der Waals surface area contributed by atoms with Gasteiger partial charge in [-0.2, -0.15) is 0 Å². The van der Waals surface area contributed by atoms with Gasteiger partial charge in [-0.25, -0.2) is 0 Å². The van der Waals surface area contributed by atoms with E-state index < -0.39 is 0 Å². The molecule has 3 N–H and O–H groups in total. The highest BCUT2D eigenvalue weighted by Gasteiger charge is 2.63. The molecule has 8 unspecified atom stereocenters. The van der Waals surface area contributed by atoms with Crippen molar-refractivity contribution in [3.8, 4) is 0 Å². The van der Waals surface area contributed by atoms with Gasteiger partial charge in [0.1, 0.15) is 0 Å². The zero-order valence-corrected chi connectivity index (χ0v) is 16.3. The molecule has 4 rings (SSSR count). The van der Waals surface area contributed by atoms with Crippen LogP contribution in [0.4, 0.5) is 0 Å². The van der Waals surface area contributed by atoms with E-state index in [0.29, 0.717) is 29.1 Å². The summed E-state index contributed by atoms with van der Waals surface area (Å²) in [5.74, 6) is 3.36. The van der Waals surface area contributed by atoms with E-state index in [2.05, 4.69) is 20.8 Å². The Morgan fingerprint density at radius 3 is 2.44 bits per heavy atom. The molecule has 0 heterocycles. The van der Waals surface area contributed by atoms with Crippen LogP contribution in [0.3, 0.4) is 0 Å². The van der Waals surface area contributed by atoms with Gasteiger partial charge in [0.25, 0.3) is 0 Å². The molecule has 3 heteroatoms. The molecule has 0 amide bonds. The summed E-state index contributed by atoms with van der Waals surface area (Å²) >= 11 is 0. The summed E-state index contributed by atoms with van der Waals surface area (Å²) in [4.78, 5) is 0. The molecule has 0 saturated heterocycles. The Balaban J connectivity index is 1.64. The quantitative estimate of drug-likeness (QED) is 0.713. The Labute approximate surface area is 153 Å². The van der Waals surface area contributed by atoms with Crippen LogP contribution >= 0.6 is 0 Å². The Bertz CT molecular complexity index is 508. The Morgan fingerprint density at radius 2 is 1.72 bits per heavy atom. The zero-order chi connectivity index (χ0) is 18.0. The first-order valence-electron chi connectivity index (χ1n) is 10.8. The van der Waals surface area contributed by atoms with Crippen molar-refractivity contribution in [1.82, 2.24) is 0 Å². The number of hydrogen-bond donors (Lipinski definition) is 3. The predicted octanol–water partition coefficient (Wildman–Crippen LogP) is 3.61. The number of fused-ring (bicyclic) bond motifs is 5. The van der Waals surface area contributed by atoms with Crippen LogP contribution in [0.15, 0.2) is 0 Å².